The minimum Gasteiger partial charge on any atom is -0.497 e. The van der Waals surface area contributed by atoms with Crippen molar-refractivity contribution in [2.75, 3.05) is 12.4 Å². The molecule has 2 amide bonds. The van der Waals surface area contributed by atoms with Gasteiger partial charge in [0.15, 0.2) is 5.76 Å². The summed E-state index contributed by atoms with van der Waals surface area (Å²) >= 11 is 0. The summed E-state index contributed by atoms with van der Waals surface area (Å²) < 4.78 is 47.4. The number of ether oxygens (including phenoxy) is 2. The van der Waals surface area contributed by atoms with Crippen LogP contribution in [0.25, 0.3) is 0 Å². The van der Waals surface area contributed by atoms with Crippen LogP contribution in [0.2, 0.25) is 0 Å². The Morgan fingerprint density at radius 2 is 1.77 bits per heavy atom. The maximum Gasteiger partial charge on any atom is 0.491 e. The summed E-state index contributed by atoms with van der Waals surface area (Å²) in [5, 5.41) is 4.88. The topological polar surface area (TPSA) is 120 Å². The van der Waals surface area contributed by atoms with Crippen LogP contribution in [0.3, 0.4) is 0 Å². The van der Waals surface area contributed by atoms with E-state index in [1.165, 1.54) is 31.4 Å². The molecular weight excluding hydrogens is 419 g/mol. The number of nitrogens with one attached hydrogen (secondary N) is 2. The van der Waals surface area contributed by atoms with Crippen LogP contribution in [0.1, 0.15) is 33.1 Å². The molecule has 0 aromatic heterocycles. The van der Waals surface area contributed by atoms with Crippen LogP contribution in [0, 0.1) is 0 Å². The number of carbonyl (C=O) groups is 3. The lowest BCUT2D eigenvalue weighted by Crippen LogP contribution is -2.44. The number of rotatable bonds is 10. The highest BCUT2D eigenvalue weighted by Crippen LogP contribution is 2.21. The Bertz CT molecular complexity index is 794. The molecule has 1 rings (SSSR count). The highest BCUT2D eigenvalue weighted by molar-refractivity contribution is 6.04. The number of amides is 2. The molecule has 0 aliphatic heterocycles. The lowest BCUT2D eigenvalue weighted by molar-refractivity contribution is -0.195. The second kappa shape index (κ2) is 11.9. The number of alkyl halides is 3. The minimum atomic E-state index is -5.31. The predicted octanol–water partition coefficient (Wildman–Crippen LogP) is 2.65. The van der Waals surface area contributed by atoms with E-state index >= 15 is 0 Å². The zero-order valence-corrected chi connectivity index (χ0v) is 17.4. The smallest absolute Gasteiger partial charge is 0.491 e. The number of benzene rings is 1. The van der Waals surface area contributed by atoms with Gasteiger partial charge in [0.1, 0.15) is 5.75 Å². The second-order valence-electron chi connectivity index (χ2n) is 6.52. The summed E-state index contributed by atoms with van der Waals surface area (Å²) in [6, 6.07) is 4.23. The third-order valence-corrected chi connectivity index (χ3v) is 4.06. The van der Waals surface area contributed by atoms with Gasteiger partial charge in [0.2, 0.25) is 5.91 Å². The summed E-state index contributed by atoms with van der Waals surface area (Å²) in [5.74, 6) is -4.61. The lowest BCUT2D eigenvalue weighted by atomic mass is 10.1. The van der Waals surface area contributed by atoms with Gasteiger partial charge in [-0.2, -0.15) is 13.2 Å². The summed E-state index contributed by atoms with van der Waals surface area (Å²) in [7, 11) is 1.44. The Hall–Kier alpha value is -3.08. The fourth-order valence-electron chi connectivity index (χ4n) is 2.35. The van der Waals surface area contributed by atoms with E-state index < -0.39 is 41.8 Å². The summed E-state index contributed by atoms with van der Waals surface area (Å²) in [6.45, 7) is 3.46. The van der Waals surface area contributed by atoms with Crippen molar-refractivity contribution in [3.05, 3.63) is 36.1 Å². The monoisotopic (exact) mass is 445 g/mol. The molecule has 4 N–H and O–H groups in total. The first-order valence-electron chi connectivity index (χ1n) is 9.53. The second-order valence-corrected chi connectivity index (χ2v) is 6.52. The standard InChI is InChI=1S/C20H26F3N3O5/c1-4-6-13(26-17(27)15(24)5-2)11-16(31-19(29)20(21,22)23)18(28)25-12-7-9-14(30-3)10-8-12/h7-11,13,15H,4-6,24H2,1-3H3,(H,25,28)(H,26,27)/b16-11+/t13-,15-/m0/s1. The molecule has 0 heterocycles. The normalized spacial score (nSPS) is 13.7. The first-order valence-corrected chi connectivity index (χ1v) is 9.53. The molecule has 0 spiro atoms. The van der Waals surface area contributed by atoms with Crippen LogP contribution in [-0.4, -0.2) is 43.2 Å². The highest BCUT2D eigenvalue weighted by atomic mass is 19.4. The van der Waals surface area contributed by atoms with Crippen molar-refractivity contribution in [1.82, 2.24) is 5.32 Å². The molecule has 172 valence electrons. The number of anilines is 1. The van der Waals surface area contributed by atoms with Crippen LogP contribution in [0.15, 0.2) is 36.1 Å². The first-order chi connectivity index (χ1) is 14.5. The predicted molar refractivity (Wildman–Crippen MR) is 107 cm³/mol. The number of methoxy groups -OCH3 is 1. The van der Waals surface area contributed by atoms with Gasteiger partial charge in [0, 0.05) is 5.69 Å². The van der Waals surface area contributed by atoms with Crippen LogP contribution in [0.4, 0.5) is 18.9 Å². The van der Waals surface area contributed by atoms with E-state index in [4.69, 9.17) is 10.5 Å². The van der Waals surface area contributed by atoms with E-state index in [0.717, 1.165) is 6.08 Å². The van der Waals surface area contributed by atoms with Crippen molar-refractivity contribution >= 4 is 23.5 Å². The molecule has 2 atom stereocenters. The largest absolute Gasteiger partial charge is 0.497 e. The van der Waals surface area contributed by atoms with Crippen molar-refractivity contribution in [3.8, 4) is 5.75 Å². The third-order valence-electron chi connectivity index (χ3n) is 4.06. The molecule has 0 saturated heterocycles. The molecule has 31 heavy (non-hydrogen) atoms. The quantitative estimate of drug-likeness (QED) is 0.289. The molecule has 0 radical (unpaired) electrons. The van der Waals surface area contributed by atoms with Crippen molar-refractivity contribution in [3.63, 3.8) is 0 Å². The van der Waals surface area contributed by atoms with E-state index in [-0.39, 0.29) is 12.1 Å². The van der Waals surface area contributed by atoms with E-state index in [9.17, 15) is 27.6 Å². The highest BCUT2D eigenvalue weighted by Gasteiger charge is 2.42. The molecule has 0 bridgehead atoms. The van der Waals surface area contributed by atoms with Crippen molar-refractivity contribution in [2.45, 2.75) is 51.4 Å². The molecule has 0 saturated carbocycles. The molecule has 0 aliphatic carbocycles. The van der Waals surface area contributed by atoms with Crippen molar-refractivity contribution < 1.29 is 37.0 Å². The minimum absolute atomic E-state index is 0.226. The van der Waals surface area contributed by atoms with Crippen LogP contribution >= 0.6 is 0 Å². The number of halogens is 3. The Labute approximate surface area is 177 Å². The molecule has 0 aliphatic rings. The van der Waals surface area contributed by atoms with Gasteiger partial charge in [-0.3, -0.25) is 9.59 Å². The van der Waals surface area contributed by atoms with Gasteiger partial charge >= 0.3 is 12.1 Å². The Morgan fingerprint density at radius 1 is 1.16 bits per heavy atom. The average molecular weight is 445 g/mol. The van der Waals surface area contributed by atoms with E-state index in [1.54, 1.807) is 13.8 Å². The van der Waals surface area contributed by atoms with Crippen LogP contribution in [-0.2, 0) is 19.1 Å². The molecule has 0 unspecified atom stereocenters. The lowest BCUT2D eigenvalue weighted by Gasteiger charge is -2.19. The van der Waals surface area contributed by atoms with Gasteiger partial charge in [-0.25, -0.2) is 4.79 Å². The summed E-state index contributed by atoms with van der Waals surface area (Å²) in [4.78, 5) is 36.0. The van der Waals surface area contributed by atoms with Gasteiger partial charge in [0.25, 0.3) is 5.91 Å². The number of carbonyl (C=O) groups excluding carboxylic acids is 3. The number of nitrogens with two attached hydrogens (primary N) is 1. The Kier molecular flexibility index (Phi) is 10.00. The van der Waals surface area contributed by atoms with E-state index in [0.29, 0.717) is 18.6 Å². The zero-order valence-electron chi connectivity index (χ0n) is 17.4. The molecular formula is C20H26F3N3O5. The SMILES string of the molecule is CCC[C@@H](/C=C(/OC(=O)C(F)(F)F)C(=O)Nc1ccc(OC)cc1)NC(=O)[C@@H](N)CC. The average Bonchev–Trinajstić information content (AvgIpc) is 2.72. The number of esters is 1. The van der Waals surface area contributed by atoms with E-state index in [2.05, 4.69) is 15.4 Å². The number of hydrogen-bond donors (Lipinski definition) is 3. The molecule has 1 aromatic carbocycles. The van der Waals surface area contributed by atoms with Crippen molar-refractivity contribution in [2.24, 2.45) is 5.73 Å². The summed E-state index contributed by atoms with van der Waals surface area (Å²) in [5.41, 5.74) is 5.88. The van der Waals surface area contributed by atoms with Crippen LogP contribution < -0.4 is 21.1 Å². The van der Waals surface area contributed by atoms with Crippen molar-refractivity contribution in [1.29, 1.82) is 0 Å². The molecule has 0 fully saturated rings. The first kappa shape index (κ1) is 26.0. The maximum absolute atomic E-state index is 12.7. The molecule has 11 heteroatoms. The fraction of sp³-hybridized carbons (Fsp3) is 0.450. The Morgan fingerprint density at radius 3 is 2.26 bits per heavy atom. The van der Waals surface area contributed by atoms with Crippen LogP contribution in [0.5, 0.6) is 5.75 Å². The zero-order chi connectivity index (χ0) is 23.6. The molecule has 1 aromatic rings. The molecule has 8 nitrogen and oxygen atoms in total. The number of hydrogen-bond acceptors (Lipinski definition) is 6. The maximum atomic E-state index is 12.7. The van der Waals surface area contributed by atoms with Gasteiger partial charge in [-0.1, -0.05) is 20.3 Å². The van der Waals surface area contributed by atoms with Gasteiger partial charge in [0.05, 0.1) is 19.2 Å². The Balaban J connectivity index is 3.17. The summed E-state index contributed by atoms with van der Waals surface area (Å²) in [6.07, 6.45) is -3.23. The van der Waals surface area contributed by atoms with Gasteiger partial charge < -0.3 is 25.8 Å². The van der Waals surface area contributed by atoms with Gasteiger partial charge in [-0.05, 0) is 43.2 Å². The van der Waals surface area contributed by atoms with E-state index in [1.807, 2.05) is 0 Å². The fourth-order valence-corrected chi connectivity index (χ4v) is 2.35. The third kappa shape index (κ3) is 8.67. The van der Waals surface area contributed by atoms with Gasteiger partial charge in [-0.15, -0.1) is 0 Å².